The summed E-state index contributed by atoms with van der Waals surface area (Å²) in [5, 5.41) is 6.92. The van der Waals surface area contributed by atoms with Crippen LogP contribution in [0, 0.1) is 0 Å². The van der Waals surface area contributed by atoms with Gasteiger partial charge in [-0.05, 0) is 79.9 Å². The first-order valence-electron chi connectivity index (χ1n) is 10.3. The number of amides is 1. The maximum Gasteiger partial charge on any atom is 0.253 e. The number of carbonyl (C=O) groups excluding carboxylic acids is 1. The van der Waals surface area contributed by atoms with Crippen molar-refractivity contribution in [3.05, 3.63) is 53.6 Å². The lowest BCUT2D eigenvalue weighted by atomic mass is 10.1. The molecular formula is C23H29N3O3S. The molecule has 2 N–H and O–H groups in total. The first-order chi connectivity index (χ1) is 14.6. The van der Waals surface area contributed by atoms with E-state index in [0.29, 0.717) is 17.4 Å². The van der Waals surface area contributed by atoms with E-state index in [1.54, 1.807) is 14.2 Å². The van der Waals surface area contributed by atoms with Crippen molar-refractivity contribution >= 4 is 28.9 Å². The second-order valence-corrected chi connectivity index (χ2v) is 7.66. The van der Waals surface area contributed by atoms with Crippen LogP contribution >= 0.6 is 12.2 Å². The van der Waals surface area contributed by atoms with Gasteiger partial charge in [0.05, 0.1) is 14.2 Å². The molecule has 2 aromatic rings. The smallest absolute Gasteiger partial charge is 0.253 e. The van der Waals surface area contributed by atoms with Gasteiger partial charge in [-0.15, -0.1) is 0 Å². The van der Waals surface area contributed by atoms with E-state index in [0.717, 1.165) is 54.9 Å². The number of thiocarbonyl (C=S) groups is 1. The van der Waals surface area contributed by atoms with Gasteiger partial charge < -0.3 is 25.0 Å². The predicted molar refractivity (Wildman–Crippen MR) is 124 cm³/mol. The molecule has 0 spiro atoms. The van der Waals surface area contributed by atoms with E-state index in [2.05, 4.69) is 10.6 Å². The van der Waals surface area contributed by atoms with E-state index < -0.39 is 0 Å². The number of nitrogens with zero attached hydrogens (tertiary/aromatic N) is 1. The molecule has 7 heteroatoms. The quantitative estimate of drug-likeness (QED) is 0.655. The Morgan fingerprint density at radius 3 is 2.37 bits per heavy atom. The molecule has 160 valence electrons. The van der Waals surface area contributed by atoms with Crippen LogP contribution in [0.1, 0.15) is 35.2 Å². The second-order valence-electron chi connectivity index (χ2n) is 7.25. The number of piperidine rings is 1. The van der Waals surface area contributed by atoms with E-state index in [9.17, 15) is 4.79 Å². The van der Waals surface area contributed by atoms with Gasteiger partial charge in [0.25, 0.3) is 5.91 Å². The van der Waals surface area contributed by atoms with Gasteiger partial charge in [0.1, 0.15) is 0 Å². The van der Waals surface area contributed by atoms with Gasteiger partial charge >= 0.3 is 0 Å². The topological polar surface area (TPSA) is 62.8 Å². The highest BCUT2D eigenvalue weighted by molar-refractivity contribution is 7.80. The number of ether oxygens (including phenoxy) is 2. The van der Waals surface area contributed by atoms with E-state index in [1.165, 1.54) is 6.42 Å². The molecule has 1 heterocycles. The first kappa shape index (κ1) is 21.9. The van der Waals surface area contributed by atoms with E-state index in [1.807, 2.05) is 47.4 Å². The minimum Gasteiger partial charge on any atom is -0.493 e. The van der Waals surface area contributed by atoms with Crippen molar-refractivity contribution in [2.75, 3.05) is 39.2 Å². The number of hydrogen-bond donors (Lipinski definition) is 2. The summed E-state index contributed by atoms with van der Waals surface area (Å²) in [7, 11) is 3.25. The Morgan fingerprint density at radius 1 is 1.00 bits per heavy atom. The second kappa shape index (κ2) is 10.8. The zero-order chi connectivity index (χ0) is 21.3. The highest BCUT2D eigenvalue weighted by Crippen LogP contribution is 2.27. The van der Waals surface area contributed by atoms with Crippen molar-refractivity contribution in [1.29, 1.82) is 0 Å². The molecule has 1 saturated heterocycles. The number of carbonyl (C=O) groups is 1. The molecule has 0 bridgehead atoms. The van der Waals surface area contributed by atoms with Gasteiger partial charge in [-0.1, -0.05) is 6.07 Å². The van der Waals surface area contributed by atoms with Crippen LogP contribution in [0.25, 0.3) is 0 Å². The van der Waals surface area contributed by atoms with Gasteiger partial charge in [0, 0.05) is 30.9 Å². The normalized spacial score (nSPS) is 13.5. The molecule has 0 radical (unpaired) electrons. The summed E-state index contributed by atoms with van der Waals surface area (Å²) < 4.78 is 10.6. The summed E-state index contributed by atoms with van der Waals surface area (Å²) in [6.07, 6.45) is 4.19. The Hall–Kier alpha value is -2.80. The molecule has 0 aliphatic carbocycles. The molecule has 0 saturated carbocycles. The largest absolute Gasteiger partial charge is 0.493 e. The molecule has 1 fully saturated rings. The van der Waals surface area contributed by atoms with Crippen molar-refractivity contribution in [1.82, 2.24) is 10.2 Å². The summed E-state index contributed by atoms with van der Waals surface area (Å²) in [5.74, 6) is 1.54. The third-order valence-corrected chi connectivity index (χ3v) is 5.43. The molecule has 1 aliphatic rings. The van der Waals surface area contributed by atoms with Gasteiger partial charge in [0.15, 0.2) is 16.6 Å². The van der Waals surface area contributed by atoms with Crippen LogP contribution in [0.3, 0.4) is 0 Å². The summed E-state index contributed by atoms with van der Waals surface area (Å²) in [4.78, 5) is 14.5. The number of rotatable bonds is 7. The summed E-state index contributed by atoms with van der Waals surface area (Å²) in [6, 6.07) is 13.4. The Balaban J connectivity index is 1.46. The number of methoxy groups -OCH3 is 2. The van der Waals surface area contributed by atoms with E-state index >= 15 is 0 Å². The lowest BCUT2D eigenvalue weighted by Gasteiger charge is -2.26. The summed E-state index contributed by atoms with van der Waals surface area (Å²) >= 11 is 5.38. The van der Waals surface area contributed by atoms with Crippen LogP contribution in [0.4, 0.5) is 5.69 Å². The van der Waals surface area contributed by atoms with Crippen LogP contribution in [-0.2, 0) is 6.42 Å². The molecule has 1 aliphatic heterocycles. The number of nitrogens with one attached hydrogen (secondary N) is 2. The molecule has 0 unspecified atom stereocenters. The zero-order valence-electron chi connectivity index (χ0n) is 17.6. The SMILES string of the molecule is COc1ccc(CCNC(=S)Nc2ccc(C(=O)N3CCCCC3)cc2)cc1OC. The van der Waals surface area contributed by atoms with Crippen LogP contribution < -0.4 is 20.1 Å². The summed E-state index contributed by atoms with van der Waals surface area (Å²) in [5.41, 5.74) is 2.70. The maximum absolute atomic E-state index is 12.5. The lowest BCUT2D eigenvalue weighted by Crippen LogP contribution is -2.35. The highest BCUT2D eigenvalue weighted by Gasteiger charge is 2.17. The average molecular weight is 428 g/mol. The minimum absolute atomic E-state index is 0.108. The highest BCUT2D eigenvalue weighted by atomic mass is 32.1. The first-order valence-corrected chi connectivity index (χ1v) is 10.7. The standard InChI is InChI=1S/C23H29N3O3S/c1-28-20-11-6-17(16-21(20)29-2)12-13-24-23(30)25-19-9-7-18(8-10-19)22(27)26-14-4-3-5-15-26/h6-11,16H,3-5,12-15H2,1-2H3,(H2,24,25,30). The van der Waals surface area contributed by atoms with Crippen LogP contribution in [0.2, 0.25) is 0 Å². The predicted octanol–water partition coefficient (Wildman–Crippen LogP) is 3.86. The van der Waals surface area contributed by atoms with Crippen molar-refractivity contribution in [2.45, 2.75) is 25.7 Å². The molecule has 1 amide bonds. The maximum atomic E-state index is 12.5. The van der Waals surface area contributed by atoms with Crippen LogP contribution in [-0.4, -0.2) is 49.8 Å². The minimum atomic E-state index is 0.108. The van der Waals surface area contributed by atoms with Gasteiger partial charge in [-0.3, -0.25) is 4.79 Å². The molecule has 0 aromatic heterocycles. The average Bonchev–Trinajstić information content (AvgIpc) is 2.79. The summed E-state index contributed by atoms with van der Waals surface area (Å²) in [6.45, 7) is 2.40. The van der Waals surface area contributed by atoms with Gasteiger partial charge in [0.2, 0.25) is 0 Å². The van der Waals surface area contributed by atoms with Crippen molar-refractivity contribution in [3.63, 3.8) is 0 Å². The Labute approximate surface area is 183 Å². The van der Waals surface area contributed by atoms with Gasteiger partial charge in [-0.2, -0.15) is 0 Å². The molecular weight excluding hydrogens is 398 g/mol. The van der Waals surface area contributed by atoms with Crippen LogP contribution in [0.15, 0.2) is 42.5 Å². The molecule has 3 rings (SSSR count). The number of anilines is 1. The van der Waals surface area contributed by atoms with Gasteiger partial charge in [-0.25, -0.2) is 0 Å². The fourth-order valence-corrected chi connectivity index (χ4v) is 3.73. The van der Waals surface area contributed by atoms with E-state index in [-0.39, 0.29) is 5.91 Å². The van der Waals surface area contributed by atoms with Crippen molar-refractivity contribution in [3.8, 4) is 11.5 Å². The Bertz CT molecular complexity index is 864. The van der Waals surface area contributed by atoms with E-state index in [4.69, 9.17) is 21.7 Å². The van der Waals surface area contributed by atoms with Crippen molar-refractivity contribution < 1.29 is 14.3 Å². The Kier molecular flexibility index (Phi) is 7.90. The number of benzene rings is 2. The lowest BCUT2D eigenvalue weighted by molar-refractivity contribution is 0.0724. The third kappa shape index (κ3) is 5.86. The molecule has 6 nitrogen and oxygen atoms in total. The fourth-order valence-electron chi connectivity index (χ4n) is 3.51. The number of hydrogen-bond acceptors (Lipinski definition) is 4. The molecule has 2 aromatic carbocycles. The Morgan fingerprint density at radius 2 is 1.70 bits per heavy atom. The van der Waals surface area contributed by atoms with Crippen LogP contribution in [0.5, 0.6) is 11.5 Å². The molecule has 30 heavy (non-hydrogen) atoms. The molecule has 0 atom stereocenters. The number of likely N-dealkylation sites (tertiary alicyclic amines) is 1. The fraction of sp³-hybridized carbons (Fsp3) is 0.391. The monoisotopic (exact) mass is 427 g/mol. The van der Waals surface area contributed by atoms with Crippen molar-refractivity contribution in [2.24, 2.45) is 0 Å². The third-order valence-electron chi connectivity index (χ3n) is 5.18. The zero-order valence-corrected chi connectivity index (χ0v) is 18.4.